The summed E-state index contributed by atoms with van der Waals surface area (Å²) in [4.78, 5) is 0. The molecule has 0 saturated heterocycles. The van der Waals surface area contributed by atoms with Crippen molar-refractivity contribution in [2.24, 2.45) is 0 Å². The maximum Gasteiger partial charge on any atom is 0.320 e. The molecule has 1 heterocycles. The predicted octanol–water partition coefficient (Wildman–Crippen LogP) is 3.32. The van der Waals surface area contributed by atoms with Crippen molar-refractivity contribution in [3.05, 3.63) is 35.5 Å². The molecule has 0 aliphatic rings. The smallest absolute Gasteiger partial charge is 0.320 e. The first-order chi connectivity index (χ1) is 9.60. The maximum atomic E-state index is 13.2. The second-order valence-electron chi connectivity index (χ2n) is 4.71. The van der Waals surface area contributed by atoms with Crippen LogP contribution in [-0.4, -0.2) is 16.7 Å². The molecule has 0 bridgehead atoms. The first-order valence-corrected chi connectivity index (χ1v) is 6.70. The number of anilines is 2. The summed E-state index contributed by atoms with van der Waals surface area (Å²) in [6.07, 6.45) is 1.03. The highest BCUT2D eigenvalue weighted by Gasteiger charge is 2.13. The molecule has 0 aliphatic carbocycles. The van der Waals surface area contributed by atoms with Crippen LogP contribution in [0.25, 0.3) is 0 Å². The Balaban J connectivity index is 2.07. The molecule has 0 aliphatic heterocycles. The van der Waals surface area contributed by atoms with Crippen molar-refractivity contribution < 1.29 is 8.81 Å². The fourth-order valence-electron chi connectivity index (χ4n) is 1.75. The summed E-state index contributed by atoms with van der Waals surface area (Å²) in [5.74, 6) is 0.200. The van der Waals surface area contributed by atoms with E-state index in [0.717, 1.165) is 18.5 Å². The lowest BCUT2D eigenvalue weighted by atomic mass is 10.2. The number of nitrogens with zero attached hydrogens (tertiary/aromatic N) is 2. The van der Waals surface area contributed by atoms with Crippen LogP contribution in [0.2, 0.25) is 0 Å². The van der Waals surface area contributed by atoms with Crippen LogP contribution < -0.4 is 10.6 Å². The van der Waals surface area contributed by atoms with Gasteiger partial charge in [-0.15, -0.1) is 5.10 Å². The molecule has 0 saturated carbocycles. The number of hydrogen-bond donors (Lipinski definition) is 2. The van der Waals surface area contributed by atoms with Crippen molar-refractivity contribution in [2.75, 3.05) is 11.9 Å². The molecule has 0 spiro atoms. The zero-order valence-electron chi connectivity index (χ0n) is 11.9. The lowest BCUT2D eigenvalue weighted by Crippen LogP contribution is -2.19. The summed E-state index contributed by atoms with van der Waals surface area (Å²) in [5, 5.41) is 14.1. The lowest BCUT2D eigenvalue weighted by Gasteiger charge is -2.08. The van der Waals surface area contributed by atoms with Gasteiger partial charge in [0.15, 0.2) is 0 Å². The average molecular weight is 278 g/mol. The largest absolute Gasteiger partial charge is 0.406 e. The van der Waals surface area contributed by atoms with Crippen molar-refractivity contribution in [3.8, 4) is 0 Å². The highest BCUT2D eigenvalue weighted by atomic mass is 19.1. The molecule has 1 atom stereocenters. The van der Waals surface area contributed by atoms with E-state index < -0.39 is 0 Å². The second kappa shape index (κ2) is 6.47. The Kier molecular flexibility index (Phi) is 4.68. The molecule has 20 heavy (non-hydrogen) atoms. The Morgan fingerprint density at radius 2 is 2.15 bits per heavy atom. The summed E-state index contributed by atoms with van der Waals surface area (Å²) < 4.78 is 18.7. The summed E-state index contributed by atoms with van der Waals surface area (Å²) in [7, 11) is 0. The summed E-state index contributed by atoms with van der Waals surface area (Å²) >= 11 is 0. The van der Waals surface area contributed by atoms with Gasteiger partial charge in [-0.05, 0) is 44.5 Å². The van der Waals surface area contributed by atoms with Crippen molar-refractivity contribution in [1.82, 2.24) is 15.5 Å². The van der Waals surface area contributed by atoms with Gasteiger partial charge < -0.3 is 15.1 Å². The minimum Gasteiger partial charge on any atom is -0.406 e. The molecule has 108 valence electrons. The fraction of sp³-hybridized carbons (Fsp3) is 0.429. The summed E-state index contributed by atoms with van der Waals surface area (Å²) in [6.45, 7) is 6.81. The zero-order valence-corrected chi connectivity index (χ0v) is 11.9. The van der Waals surface area contributed by atoms with Gasteiger partial charge in [0, 0.05) is 5.69 Å². The van der Waals surface area contributed by atoms with Gasteiger partial charge in [0.2, 0.25) is 5.89 Å². The van der Waals surface area contributed by atoms with Crippen LogP contribution in [0.5, 0.6) is 0 Å². The molecule has 2 N–H and O–H groups in total. The van der Waals surface area contributed by atoms with E-state index in [0.29, 0.717) is 11.6 Å². The zero-order chi connectivity index (χ0) is 14.5. The summed E-state index contributed by atoms with van der Waals surface area (Å²) in [6, 6.07) is 4.76. The van der Waals surface area contributed by atoms with E-state index in [1.54, 1.807) is 6.07 Å². The Morgan fingerprint density at radius 3 is 2.90 bits per heavy atom. The summed E-state index contributed by atoms with van der Waals surface area (Å²) in [5.41, 5.74) is 1.53. The van der Waals surface area contributed by atoms with Crippen molar-refractivity contribution in [2.45, 2.75) is 33.2 Å². The van der Waals surface area contributed by atoms with Crippen molar-refractivity contribution >= 4 is 11.7 Å². The van der Waals surface area contributed by atoms with Crippen LogP contribution in [0.3, 0.4) is 0 Å². The number of rotatable bonds is 6. The van der Waals surface area contributed by atoms with Gasteiger partial charge in [0.25, 0.3) is 0 Å². The van der Waals surface area contributed by atoms with Crippen LogP contribution in [0.15, 0.2) is 22.6 Å². The molecule has 1 aromatic carbocycles. The van der Waals surface area contributed by atoms with Gasteiger partial charge in [0.1, 0.15) is 5.82 Å². The minimum absolute atomic E-state index is 0.00777. The third kappa shape index (κ3) is 3.54. The minimum atomic E-state index is -0.309. The van der Waals surface area contributed by atoms with E-state index in [2.05, 4.69) is 27.8 Å². The number of aromatic nitrogens is 2. The van der Waals surface area contributed by atoms with Gasteiger partial charge in [-0.3, -0.25) is 0 Å². The average Bonchev–Trinajstić information content (AvgIpc) is 2.89. The van der Waals surface area contributed by atoms with E-state index in [1.807, 2.05) is 13.8 Å². The van der Waals surface area contributed by atoms with Gasteiger partial charge in [-0.1, -0.05) is 18.1 Å². The molecule has 5 nitrogen and oxygen atoms in total. The molecule has 1 aromatic heterocycles. The highest BCUT2D eigenvalue weighted by Crippen LogP contribution is 2.22. The molecule has 0 fully saturated rings. The van der Waals surface area contributed by atoms with Gasteiger partial charge in [0.05, 0.1) is 6.04 Å². The van der Waals surface area contributed by atoms with E-state index >= 15 is 0 Å². The number of aryl methyl sites for hydroxylation is 1. The van der Waals surface area contributed by atoms with Crippen LogP contribution in [0.1, 0.15) is 37.8 Å². The second-order valence-corrected chi connectivity index (χ2v) is 4.71. The standard InChI is InChI=1S/C14H19FN4O/c1-4-7-16-10(3)13-18-19-14(20-13)17-12-8-11(15)6-5-9(12)2/h5-6,8,10,16H,4,7H2,1-3H3,(H,17,19). The Hall–Kier alpha value is -1.95. The van der Waals surface area contributed by atoms with Crippen LogP contribution in [0.4, 0.5) is 16.1 Å². The lowest BCUT2D eigenvalue weighted by molar-refractivity contribution is 0.424. The number of nitrogens with one attached hydrogen (secondary N) is 2. The predicted molar refractivity (Wildman–Crippen MR) is 75.4 cm³/mol. The van der Waals surface area contributed by atoms with Crippen LogP contribution in [-0.2, 0) is 0 Å². The molecular weight excluding hydrogens is 259 g/mol. The molecule has 1 unspecified atom stereocenters. The van der Waals surface area contributed by atoms with Crippen molar-refractivity contribution in [3.63, 3.8) is 0 Å². The van der Waals surface area contributed by atoms with E-state index in [9.17, 15) is 4.39 Å². The normalized spacial score (nSPS) is 12.4. The van der Waals surface area contributed by atoms with E-state index in [1.165, 1.54) is 12.1 Å². The Labute approximate surface area is 117 Å². The maximum absolute atomic E-state index is 13.2. The SMILES string of the molecule is CCCNC(C)c1nnc(Nc2cc(F)ccc2C)o1. The van der Waals surface area contributed by atoms with Crippen molar-refractivity contribution in [1.29, 1.82) is 0 Å². The molecule has 0 radical (unpaired) electrons. The Bertz CT molecular complexity index is 570. The topological polar surface area (TPSA) is 63.0 Å². The first kappa shape index (κ1) is 14.5. The van der Waals surface area contributed by atoms with E-state index in [4.69, 9.17) is 4.42 Å². The molecule has 6 heteroatoms. The fourth-order valence-corrected chi connectivity index (χ4v) is 1.75. The van der Waals surface area contributed by atoms with Crippen LogP contribution >= 0.6 is 0 Å². The molecular formula is C14H19FN4O. The number of hydrogen-bond acceptors (Lipinski definition) is 5. The van der Waals surface area contributed by atoms with Gasteiger partial charge in [-0.2, -0.15) is 0 Å². The van der Waals surface area contributed by atoms with Gasteiger partial charge in [-0.25, -0.2) is 4.39 Å². The molecule has 2 rings (SSSR count). The third-order valence-corrected chi connectivity index (χ3v) is 2.95. The highest BCUT2D eigenvalue weighted by molar-refractivity contribution is 5.57. The van der Waals surface area contributed by atoms with E-state index in [-0.39, 0.29) is 17.9 Å². The first-order valence-electron chi connectivity index (χ1n) is 6.70. The molecule has 0 amide bonds. The number of halogens is 1. The van der Waals surface area contributed by atoms with Crippen LogP contribution in [0, 0.1) is 12.7 Å². The number of benzene rings is 1. The quantitative estimate of drug-likeness (QED) is 0.848. The third-order valence-electron chi connectivity index (χ3n) is 2.95. The molecule has 2 aromatic rings. The van der Waals surface area contributed by atoms with Gasteiger partial charge >= 0.3 is 6.01 Å². The monoisotopic (exact) mass is 278 g/mol. The Morgan fingerprint density at radius 1 is 1.35 bits per heavy atom.